The zero-order chi connectivity index (χ0) is 24.5. The molecule has 9 nitrogen and oxygen atoms in total. The third-order valence-electron chi connectivity index (χ3n) is 5.10. The largest absolute Gasteiger partial charge is 0.490 e. The lowest BCUT2D eigenvalue weighted by molar-refractivity contribution is -0.146. The number of amides is 2. The van der Waals surface area contributed by atoms with Crippen LogP contribution in [0.2, 0.25) is 0 Å². The predicted octanol–water partition coefficient (Wildman–Crippen LogP) is 3.21. The molecule has 1 aliphatic carbocycles. The Morgan fingerprint density at radius 1 is 1.09 bits per heavy atom. The molecule has 34 heavy (non-hydrogen) atoms. The molecule has 0 atom stereocenters. The summed E-state index contributed by atoms with van der Waals surface area (Å²) < 4.78 is 15.9. The SMILES string of the molecule is CCOc1ccc(C(=O)NCC(=O)OCC(=O)Nc2sc3c(c2C#N)CCCC3)cc1OCC. The number of esters is 1. The Labute approximate surface area is 202 Å². The summed E-state index contributed by atoms with van der Waals surface area (Å²) in [7, 11) is 0. The summed E-state index contributed by atoms with van der Waals surface area (Å²) in [6, 6.07) is 6.90. The number of thiophene rings is 1. The van der Waals surface area contributed by atoms with Crippen molar-refractivity contribution < 1.29 is 28.6 Å². The number of nitriles is 1. The molecule has 10 heteroatoms. The third kappa shape index (κ3) is 6.26. The van der Waals surface area contributed by atoms with Crippen LogP contribution in [0.5, 0.6) is 11.5 Å². The number of nitrogens with one attached hydrogen (secondary N) is 2. The Morgan fingerprint density at radius 2 is 1.82 bits per heavy atom. The molecule has 180 valence electrons. The molecule has 1 aliphatic rings. The van der Waals surface area contributed by atoms with Crippen LogP contribution in [0, 0.1) is 11.3 Å². The van der Waals surface area contributed by atoms with Crippen LogP contribution in [0.25, 0.3) is 0 Å². The number of carbonyl (C=O) groups excluding carboxylic acids is 3. The van der Waals surface area contributed by atoms with Gasteiger partial charge in [-0.1, -0.05) is 0 Å². The number of aryl methyl sites for hydroxylation is 1. The lowest BCUT2D eigenvalue weighted by atomic mass is 9.96. The van der Waals surface area contributed by atoms with E-state index in [0.29, 0.717) is 40.8 Å². The summed E-state index contributed by atoms with van der Waals surface area (Å²) in [6.45, 7) is 3.61. The van der Waals surface area contributed by atoms with Crippen molar-refractivity contribution in [2.45, 2.75) is 39.5 Å². The molecule has 3 rings (SSSR count). The zero-order valence-corrected chi connectivity index (χ0v) is 20.0. The van der Waals surface area contributed by atoms with Crippen molar-refractivity contribution in [1.29, 1.82) is 5.26 Å². The molecule has 1 heterocycles. The van der Waals surface area contributed by atoms with E-state index in [2.05, 4.69) is 16.7 Å². The number of rotatable bonds is 10. The standard InChI is InChI=1S/C24H27N3O6S/c1-3-31-18-10-9-15(11-19(18)32-4-2)23(30)26-13-22(29)33-14-21(28)27-24-17(12-25)16-7-5-6-8-20(16)34-24/h9-11H,3-8,13-14H2,1-2H3,(H,26,30)(H,27,28). The Hall–Kier alpha value is -3.58. The monoisotopic (exact) mass is 485 g/mol. The van der Waals surface area contributed by atoms with Gasteiger partial charge in [-0.25, -0.2) is 0 Å². The minimum atomic E-state index is -0.759. The number of hydrogen-bond donors (Lipinski definition) is 2. The van der Waals surface area contributed by atoms with Gasteiger partial charge in [0.05, 0.1) is 18.8 Å². The van der Waals surface area contributed by atoms with E-state index in [4.69, 9.17) is 14.2 Å². The first kappa shape index (κ1) is 25.1. The van der Waals surface area contributed by atoms with Crippen molar-refractivity contribution in [2.24, 2.45) is 0 Å². The lowest BCUT2D eigenvalue weighted by Gasteiger charge is -2.12. The first-order valence-electron chi connectivity index (χ1n) is 11.1. The Bertz CT molecular complexity index is 1100. The van der Waals surface area contributed by atoms with E-state index in [0.717, 1.165) is 36.1 Å². The molecule has 0 aliphatic heterocycles. The number of anilines is 1. The van der Waals surface area contributed by atoms with Crippen molar-refractivity contribution in [3.63, 3.8) is 0 Å². The Kier molecular flexibility index (Phi) is 8.87. The molecule has 0 spiro atoms. The number of hydrogen-bond acceptors (Lipinski definition) is 8. The molecule has 2 amide bonds. The Morgan fingerprint density at radius 3 is 2.56 bits per heavy atom. The van der Waals surface area contributed by atoms with Crippen LogP contribution in [0.3, 0.4) is 0 Å². The molecule has 0 saturated heterocycles. The second-order valence-corrected chi connectivity index (χ2v) is 8.55. The molecule has 1 aromatic heterocycles. The highest BCUT2D eigenvalue weighted by Gasteiger charge is 2.22. The smallest absolute Gasteiger partial charge is 0.325 e. The summed E-state index contributed by atoms with van der Waals surface area (Å²) >= 11 is 1.40. The molecular weight excluding hydrogens is 458 g/mol. The van der Waals surface area contributed by atoms with E-state index < -0.39 is 30.9 Å². The lowest BCUT2D eigenvalue weighted by Crippen LogP contribution is -2.32. The van der Waals surface area contributed by atoms with Gasteiger partial charge in [-0.2, -0.15) is 5.26 Å². The summed E-state index contributed by atoms with van der Waals surface area (Å²) in [6.07, 6.45) is 3.83. The zero-order valence-electron chi connectivity index (χ0n) is 19.2. The molecular formula is C24H27N3O6S. The number of fused-ring (bicyclic) bond motifs is 1. The van der Waals surface area contributed by atoms with Gasteiger partial charge in [-0.3, -0.25) is 14.4 Å². The molecule has 0 saturated carbocycles. The van der Waals surface area contributed by atoms with Gasteiger partial charge in [0.15, 0.2) is 18.1 Å². The maximum atomic E-state index is 12.4. The van der Waals surface area contributed by atoms with E-state index in [9.17, 15) is 19.6 Å². The summed E-state index contributed by atoms with van der Waals surface area (Å²) in [5.41, 5.74) is 1.80. The molecule has 0 unspecified atom stereocenters. The van der Waals surface area contributed by atoms with Crippen LogP contribution >= 0.6 is 11.3 Å². The minimum absolute atomic E-state index is 0.295. The average Bonchev–Trinajstić information content (AvgIpc) is 3.19. The highest BCUT2D eigenvalue weighted by molar-refractivity contribution is 7.16. The normalized spacial score (nSPS) is 12.1. The van der Waals surface area contributed by atoms with E-state index in [1.54, 1.807) is 12.1 Å². The highest BCUT2D eigenvalue weighted by atomic mass is 32.1. The molecule has 0 fully saturated rings. The molecule has 1 aromatic carbocycles. The number of carbonyl (C=O) groups is 3. The van der Waals surface area contributed by atoms with Crippen LogP contribution in [0.1, 0.15) is 53.1 Å². The van der Waals surface area contributed by atoms with E-state index in [-0.39, 0.29) is 0 Å². The molecule has 0 radical (unpaired) electrons. The summed E-state index contributed by atoms with van der Waals surface area (Å²) in [5, 5.41) is 15.1. The first-order chi connectivity index (χ1) is 16.5. The topological polar surface area (TPSA) is 127 Å². The van der Waals surface area contributed by atoms with Crippen LogP contribution in [-0.4, -0.2) is 44.1 Å². The number of benzene rings is 1. The molecule has 2 N–H and O–H groups in total. The first-order valence-corrected chi connectivity index (χ1v) is 12.0. The third-order valence-corrected chi connectivity index (χ3v) is 6.31. The van der Waals surface area contributed by atoms with Gasteiger partial charge < -0.3 is 24.8 Å². The van der Waals surface area contributed by atoms with E-state index in [1.807, 2.05) is 13.8 Å². The van der Waals surface area contributed by atoms with Gasteiger partial charge >= 0.3 is 5.97 Å². The van der Waals surface area contributed by atoms with E-state index in [1.165, 1.54) is 17.4 Å². The molecule has 2 aromatic rings. The fourth-order valence-corrected chi connectivity index (χ4v) is 4.83. The van der Waals surface area contributed by atoms with Crippen molar-refractivity contribution in [1.82, 2.24) is 5.32 Å². The van der Waals surface area contributed by atoms with Crippen LogP contribution in [0.4, 0.5) is 5.00 Å². The predicted molar refractivity (Wildman–Crippen MR) is 126 cm³/mol. The van der Waals surface area contributed by atoms with Crippen molar-refractivity contribution >= 4 is 34.1 Å². The Balaban J connectivity index is 1.49. The van der Waals surface area contributed by atoms with Gasteiger partial charge in [-0.15, -0.1) is 11.3 Å². The van der Waals surface area contributed by atoms with Gasteiger partial charge in [0, 0.05) is 10.4 Å². The fraction of sp³-hybridized carbons (Fsp3) is 0.417. The maximum Gasteiger partial charge on any atom is 0.325 e. The van der Waals surface area contributed by atoms with E-state index >= 15 is 0 Å². The maximum absolute atomic E-state index is 12.4. The van der Waals surface area contributed by atoms with Gasteiger partial charge in [0.25, 0.3) is 11.8 Å². The van der Waals surface area contributed by atoms with Gasteiger partial charge in [-0.05, 0) is 63.3 Å². The van der Waals surface area contributed by atoms with Gasteiger partial charge in [0.2, 0.25) is 0 Å². The van der Waals surface area contributed by atoms with Crippen LogP contribution < -0.4 is 20.1 Å². The summed E-state index contributed by atoms with van der Waals surface area (Å²) in [5.74, 6) is -0.831. The van der Waals surface area contributed by atoms with Crippen molar-refractivity contribution in [2.75, 3.05) is 31.7 Å². The number of ether oxygens (including phenoxy) is 3. The average molecular weight is 486 g/mol. The fourth-order valence-electron chi connectivity index (χ4n) is 3.58. The highest BCUT2D eigenvalue weighted by Crippen LogP contribution is 2.37. The molecule has 0 bridgehead atoms. The van der Waals surface area contributed by atoms with Crippen molar-refractivity contribution in [3.8, 4) is 17.6 Å². The minimum Gasteiger partial charge on any atom is -0.490 e. The van der Waals surface area contributed by atoms with Gasteiger partial charge in [0.1, 0.15) is 17.6 Å². The quantitative estimate of drug-likeness (QED) is 0.495. The van der Waals surface area contributed by atoms with Crippen LogP contribution in [-0.2, 0) is 27.2 Å². The second-order valence-electron chi connectivity index (χ2n) is 7.45. The van der Waals surface area contributed by atoms with Crippen molar-refractivity contribution in [3.05, 3.63) is 39.8 Å². The number of nitrogens with zero attached hydrogens (tertiary/aromatic N) is 1. The van der Waals surface area contributed by atoms with Crippen LogP contribution in [0.15, 0.2) is 18.2 Å². The second kappa shape index (κ2) is 12.0. The summed E-state index contributed by atoms with van der Waals surface area (Å²) in [4.78, 5) is 37.8.